The summed E-state index contributed by atoms with van der Waals surface area (Å²) in [5, 5.41) is 4.04. The van der Waals surface area contributed by atoms with Crippen LogP contribution in [0.3, 0.4) is 0 Å². The third kappa shape index (κ3) is 6.73. The van der Waals surface area contributed by atoms with E-state index in [-0.39, 0.29) is 17.9 Å². The number of hydrogen-bond acceptors (Lipinski definition) is 2. The lowest BCUT2D eigenvalue weighted by atomic mass is 10.0. The molecule has 3 rings (SSSR count). The molecule has 1 saturated carbocycles. The second-order valence-electron chi connectivity index (χ2n) is 8.61. The van der Waals surface area contributed by atoms with E-state index < -0.39 is 6.04 Å². The van der Waals surface area contributed by atoms with Gasteiger partial charge in [0.2, 0.25) is 11.8 Å². The van der Waals surface area contributed by atoms with Gasteiger partial charge >= 0.3 is 0 Å². The molecule has 4 nitrogen and oxygen atoms in total. The number of rotatable bonds is 9. The molecule has 32 heavy (non-hydrogen) atoms. The highest BCUT2D eigenvalue weighted by atomic mass is 35.5. The van der Waals surface area contributed by atoms with Crippen molar-refractivity contribution in [3.63, 3.8) is 0 Å². The van der Waals surface area contributed by atoms with Crippen molar-refractivity contribution in [3.8, 4) is 0 Å². The van der Waals surface area contributed by atoms with Crippen LogP contribution in [-0.4, -0.2) is 28.8 Å². The van der Waals surface area contributed by atoms with Crippen molar-refractivity contribution < 1.29 is 9.59 Å². The minimum Gasteiger partial charge on any atom is -0.352 e. The molecule has 1 N–H and O–H groups in total. The molecule has 6 heteroatoms. The number of amides is 2. The lowest BCUT2D eigenvalue weighted by Crippen LogP contribution is -2.49. The first kappa shape index (κ1) is 24.6. The number of hydrogen-bond donors (Lipinski definition) is 1. The summed E-state index contributed by atoms with van der Waals surface area (Å²) in [4.78, 5) is 27.9. The molecule has 1 fully saturated rings. The molecule has 0 unspecified atom stereocenters. The molecule has 1 aliphatic rings. The van der Waals surface area contributed by atoms with Gasteiger partial charge in [0, 0.05) is 19.0 Å². The Labute approximate surface area is 201 Å². The van der Waals surface area contributed by atoms with Crippen LogP contribution in [0.4, 0.5) is 0 Å². The maximum atomic E-state index is 13.3. The molecule has 0 spiro atoms. The van der Waals surface area contributed by atoms with E-state index in [4.69, 9.17) is 23.2 Å². The Kier molecular flexibility index (Phi) is 9.01. The van der Waals surface area contributed by atoms with Gasteiger partial charge in [-0.2, -0.15) is 0 Å². The fraction of sp³-hybridized carbons (Fsp3) is 0.462. The Balaban J connectivity index is 1.71. The number of carbonyl (C=O) groups is 2. The van der Waals surface area contributed by atoms with E-state index in [0.717, 1.165) is 43.2 Å². The van der Waals surface area contributed by atoms with Crippen molar-refractivity contribution in [2.24, 2.45) is 0 Å². The van der Waals surface area contributed by atoms with Gasteiger partial charge in [-0.3, -0.25) is 9.59 Å². The molecule has 2 amide bonds. The van der Waals surface area contributed by atoms with Crippen molar-refractivity contribution >= 4 is 35.0 Å². The van der Waals surface area contributed by atoms with Gasteiger partial charge in [-0.15, -0.1) is 0 Å². The van der Waals surface area contributed by atoms with Crippen molar-refractivity contribution in [2.45, 2.75) is 77.4 Å². The molecule has 0 aromatic heterocycles. The summed E-state index contributed by atoms with van der Waals surface area (Å²) >= 11 is 12.2. The van der Waals surface area contributed by atoms with Gasteiger partial charge in [0.1, 0.15) is 6.04 Å². The summed E-state index contributed by atoms with van der Waals surface area (Å²) in [6, 6.07) is 13.3. The van der Waals surface area contributed by atoms with Crippen LogP contribution in [0, 0.1) is 0 Å². The third-order valence-corrected chi connectivity index (χ3v) is 7.00. The molecule has 0 aliphatic heterocycles. The fourth-order valence-corrected chi connectivity index (χ4v) is 4.47. The van der Waals surface area contributed by atoms with Gasteiger partial charge in [0.25, 0.3) is 0 Å². The molecular weight excluding hydrogens is 443 g/mol. The first-order chi connectivity index (χ1) is 15.4. The van der Waals surface area contributed by atoms with E-state index in [1.807, 2.05) is 6.07 Å². The van der Waals surface area contributed by atoms with Crippen LogP contribution in [0.15, 0.2) is 42.5 Å². The molecule has 0 saturated heterocycles. The fourth-order valence-electron chi connectivity index (χ4n) is 4.15. The van der Waals surface area contributed by atoms with Crippen LogP contribution in [0.2, 0.25) is 10.0 Å². The van der Waals surface area contributed by atoms with Crippen LogP contribution in [0.5, 0.6) is 0 Å². The average Bonchev–Trinajstić information content (AvgIpc) is 3.31. The summed E-state index contributed by atoms with van der Waals surface area (Å²) in [6.45, 7) is 4.23. The maximum Gasteiger partial charge on any atom is 0.242 e. The quantitative estimate of drug-likeness (QED) is 0.486. The first-order valence-electron chi connectivity index (χ1n) is 11.5. The Hall–Kier alpha value is -2.04. The van der Waals surface area contributed by atoms with E-state index in [2.05, 4.69) is 36.5 Å². The Morgan fingerprint density at radius 2 is 1.62 bits per heavy atom. The molecule has 1 atom stereocenters. The first-order valence-corrected chi connectivity index (χ1v) is 12.2. The third-order valence-electron chi connectivity index (χ3n) is 6.26. The zero-order valence-corrected chi connectivity index (χ0v) is 20.4. The largest absolute Gasteiger partial charge is 0.352 e. The predicted molar refractivity (Wildman–Crippen MR) is 131 cm³/mol. The van der Waals surface area contributed by atoms with Gasteiger partial charge in [0.05, 0.1) is 10.0 Å². The highest BCUT2D eigenvalue weighted by molar-refractivity contribution is 6.42. The summed E-state index contributed by atoms with van der Waals surface area (Å²) in [7, 11) is 0. The molecule has 0 heterocycles. The van der Waals surface area contributed by atoms with Crippen molar-refractivity contribution in [1.82, 2.24) is 10.2 Å². The van der Waals surface area contributed by atoms with Crippen molar-refractivity contribution in [2.75, 3.05) is 0 Å². The lowest BCUT2D eigenvalue weighted by Gasteiger charge is -2.30. The Morgan fingerprint density at radius 1 is 1.00 bits per heavy atom. The second kappa shape index (κ2) is 11.7. The van der Waals surface area contributed by atoms with Gasteiger partial charge in [0.15, 0.2) is 0 Å². The van der Waals surface area contributed by atoms with E-state index in [1.54, 1.807) is 24.0 Å². The van der Waals surface area contributed by atoms with Crippen LogP contribution in [0.1, 0.15) is 62.6 Å². The molecule has 172 valence electrons. The van der Waals surface area contributed by atoms with Gasteiger partial charge in [-0.05, 0) is 61.4 Å². The number of carbonyl (C=O) groups excluding carboxylic acids is 2. The minimum atomic E-state index is -0.569. The number of nitrogens with zero attached hydrogens (tertiary/aromatic N) is 1. The normalized spacial score (nSPS) is 14.9. The van der Waals surface area contributed by atoms with Crippen LogP contribution < -0.4 is 5.32 Å². The van der Waals surface area contributed by atoms with E-state index in [9.17, 15) is 9.59 Å². The molecule has 0 bridgehead atoms. The van der Waals surface area contributed by atoms with Crippen LogP contribution in [0.25, 0.3) is 0 Å². The summed E-state index contributed by atoms with van der Waals surface area (Å²) in [6.07, 6.45) is 6.26. The predicted octanol–water partition coefficient (Wildman–Crippen LogP) is 5.96. The topological polar surface area (TPSA) is 49.4 Å². The van der Waals surface area contributed by atoms with E-state index in [1.165, 1.54) is 5.56 Å². The number of benzene rings is 2. The molecule has 0 radical (unpaired) electrons. The monoisotopic (exact) mass is 474 g/mol. The minimum absolute atomic E-state index is 0.0512. The summed E-state index contributed by atoms with van der Waals surface area (Å²) in [5.74, 6) is -0.151. The highest BCUT2D eigenvalue weighted by Crippen LogP contribution is 2.24. The van der Waals surface area contributed by atoms with E-state index >= 15 is 0 Å². The van der Waals surface area contributed by atoms with Gasteiger partial charge < -0.3 is 10.2 Å². The zero-order chi connectivity index (χ0) is 23.1. The van der Waals surface area contributed by atoms with Crippen LogP contribution >= 0.6 is 23.2 Å². The van der Waals surface area contributed by atoms with Crippen molar-refractivity contribution in [3.05, 3.63) is 69.2 Å². The van der Waals surface area contributed by atoms with Crippen LogP contribution in [-0.2, 0) is 29.0 Å². The lowest BCUT2D eigenvalue weighted by molar-refractivity contribution is -0.140. The maximum absolute atomic E-state index is 13.3. The number of aryl methyl sites for hydroxylation is 2. The molecule has 2 aromatic carbocycles. The molecular formula is C26H32Cl2N2O2. The SMILES string of the molecule is CCc1ccc(CCC(=O)N(Cc2ccc(Cl)c(Cl)c2)[C@H](C)C(=O)NC2CCCC2)cc1. The average molecular weight is 475 g/mol. The van der Waals surface area contributed by atoms with Crippen molar-refractivity contribution in [1.29, 1.82) is 0 Å². The molecule has 2 aromatic rings. The Morgan fingerprint density at radius 3 is 2.25 bits per heavy atom. The van der Waals surface area contributed by atoms with Gasteiger partial charge in [-0.25, -0.2) is 0 Å². The number of halogens is 2. The van der Waals surface area contributed by atoms with Gasteiger partial charge in [-0.1, -0.05) is 73.3 Å². The Bertz CT molecular complexity index is 924. The standard InChI is InChI=1S/C26H32Cl2N2O2/c1-3-19-8-10-20(11-9-19)13-15-25(31)30(17-21-12-14-23(27)24(28)16-21)18(2)26(32)29-22-6-4-5-7-22/h8-12,14,16,18,22H,3-7,13,15,17H2,1-2H3,(H,29,32)/t18-/m1/s1. The molecule has 1 aliphatic carbocycles. The second-order valence-corrected chi connectivity index (χ2v) is 9.42. The summed E-state index contributed by atoms with van der Waals surface area (Å²) < 4.78 is 0. The highest BCUT2D eigenvalue weighted by Gasteiger charge is 2.28. The number of nitrogens with one attached hydrogen (secondary N) is 1. The smallest absolute Gasteiger partial charge is 0.242 e. The zero-order valence-electron chi connectivity index (χ0n) is 18.9. The summed E-state index contributed by atoms with van der Waals surface area (Å²) in [5.41, 5.74) is 3.24. The van der Waals surface area contributed by atoms with E-state index in [0.29, 0.717) is 29.4 Å².